The Morgan fingerprint density at radius 2 is 2.08 bits per heavy atom. The van der Waals surface area contributed by atoms with Crippen LogP contribution in [0.5, 0.6) is 5.88 Å². The van der Waals surface area contributed by atoms with Crippen LogP contribution < -0.4 is 10.1 Å². The second kappa shape index (κ2) is 8.54. The van der Waals surface area contributed by atoms with Crippen molar-refractivity contribution in [2.75, 3.05) is 32.5 Å². The predicted octanol–water partition coefficient (Wildman–Crippen LogP) is 4.02. The van der Waals surface area contributed by atoms with Gasteiger partial charge in [0.1, 0.15) is 17.1 Å². The highest BCUT2D eigenvalue weighted by Gasteiger charge is 2.44. The van der Waals surface area contributed by atoms with E-state index >= 15 is 0 Å². The second-order valence-electron chi connectivity index (χ2n) is 8.59. The molecule has 1 saturated heterocycles. The van der Waals surface area contributed by atoms with Crippen molar-refractivity contribution in [3.63, 3.8) is 0 Å². The Hall–Kier alpha value is -3.55. The minimum atomic E-state index is -4.53. The zero-order valence-electron chi connectivity index (χ0n) is 22.1. The average molecular weight is 513 g/mol. The van der Waals surface area contributed by atoms with Gasteiger partial charge in [-0.1, -0.05) is 11.3 Å². The zero-order valence-corrected chi connectivity index (χ0v) is 19.1. The number of hydrogen-bond donors (Lipinski definition) is 1. The molecule has 0 radical (unpaired) electrons. The van der Waals surface area contributed by atoms with Gasteiger partial charge < -0.3 is 15.0 Å². The Balaban J connectivity index is 1.48. The molecule has 0 amide bonds. The SMILES string of the molecule is [2H]C([2H])([2H])N1CC[C@@H](Nc2nc(OC)c3c(-c4ccc5nnn([C@@H](C)C(F)(F)F)c5c4)ccn3n2)C(F)(F)C1. The Labute approximate surface area is 206 Å². The van der Waals surface area contributed by atoms with Crippen LogP contribution in [0.4, 0.5) is 27.9 Å². The fourth-order valence-electron chi connectivity index (χ4n) is 4.23. The molecule has 14 heteroatoms. The standard InChI is InChI=1S/C22H23F5N8O/c1-12(22(25,26)27)35-16-10-13(4-5-15(16)30-32-35)14-6-9-34-18(14)19(36-3)29-20(31-34)28-17-7-8-33(2)11-21(17,23)24/h4-6,9-10,12,17H,7-8,11H2,1-3H3,(H,28,31)/t12-,17+/m0/s1/i2D3. The van der Waals surface area contributed by atoms with Gasteiger partial charge in [0.15, 0.2) is 0 Å². The van der Waals surface area contributed by atoms with Crippen molar-refractivity contribution >= 4 is 22.5 Å². The number of aromatic nitrogens is 6. The van der Waals surface area contributed by atoms with E-state index in [4.69, 9.17) is 8.85 Å². The Kier molecular flexibility index (Phi) is 4.89. The van der Waals surface area contributed by atoms with Gasteiger partial charge in [0.05, 0.1) is 25.2 Å². The number of rotatable bonds is 5. The summed E-state index contributed by atoms with van der Waals surface area (Å²) in [6, 6.07) is 3.02. The molecule has 1 N–H and O–H groups in total. The molecule has 4 aromatic rings. The van der Waals surface area contributed by atoms with Crippen LogP contribution in [-0.2, 0) is 0 Å². The number of fused-ring (bicyclic) bond motifs is 2. The molecule has 5 rings (SSSR count). The second-order valence-corrected chi connectivity index (χ2v) is 8.59. The van der Waals surface area contributed by atoms with Gasteiger partial charge in [0.25, 0.3) is 5.92 Å². The smallest absolute Gasteiger partial charge is 0.410 e. The average Bonchev–Trinajstić information content (AvgIpc) is 3.46. The highest BCUT2D eigenvalue weighted by Crippen LogP contribution is 2.36. The van der Waals surface area contributed by atoms with Gasteiger partial charge in [0, 0.05) is 22.4 Å². The maximum absolute atomic E-state index is 14.8. The van der Waals surface area contributed by atoms with Crippen LogP contribution in [0.3, 0.4) is 0 Å². The fraction of sp³-hybridized carbons (Fsp3) is 0.455. The number of piperidine rings is 1. The topological polar surface area (TPSA) is 85.4 Å². The van der Waals surface area contributed by atoms with Crippen LogP contribution in [0.1, 0.15) is 23.5 Å². The van der Waals surface area contributed by atoms with E-state index in [0.29, 0.717) is 16.6 Å². The first-order valence-corrected chi connectivity index (χ1v) is 10.9. The minimum absolute atomic E-state index is 0.0335. The van der Waals surface area contributed by atoms with Gasteiger partial charge in [-0.05, 0) is 44.1 Å². The van der Waals surface area contributed by atoms with Gasteiger partial charge >= 0.3 is 6.18 Å². The molecule has 1 aliphatic heterocycles. The molecule has 9 nitrogen and oxygen atoms in total. The third kappa shape index (κ3) is 4.18. The number of anilines is 1. The molecule has 0 unspecified atom stereocenters. The maximum atomic E-state index is 14.8. The molecule has 0 aliphatic carbocycles. The first-order chi connectivity index (χ1) is 18.2. The molecule has 192 valence electrons. The summed E-state index contributed by atoms with van der Waals surface area (Å²) in [5, 5.41) is 14.4. The van der Waals surface area contributed by atoms with Crippen LogP contribution in [0.2, 0.25) is 0 Å². The summed E-state index contributed by atoms with van der Waals surface area (Å²) in [6.45, 7) is -2.67. The molecule has 2 atom stereocenters. The van der Waals surface area contributed by atoms with Crippen molar-refractivity contribution in [2.24, 2.45) is 0 Å². The highest BCUT2D eigenvalue weighted by molar-refractivity contribution is 5.89. The van der Waals surface area contributed by atoms with Gasteiger partial charge in [-0.3, -0.25) is 0 Å². The Bertz CT molecular complexity index is 1520. The van der Waals surface area contributed by atoms with Crippen LogP contribution in [0, 0.1) is 0 Å². The van der Waals surface area contributed by atoms with Gasteiger partial charge in [0.2, 0.25) is 11.8 Å². The normalized spacial score (nSPS) is 21.2. The van der Waals surface area contributed by atoms with Gasteiger partial charge in [-0.15, -0.1) is 10.2 Å². The molecule has 0 bridgehead atoms. The van der Waals surface area contributed by atoms with E-state index in [1.165, 1.54) is 30.0 Å². The summed E-state index contributed by atoms with van der Waals surface area (Å²) in [6.07, 6.45) is -3.16. The van der Waals surface area contributed by atoms with E-state index in [9.17, 15) is 22.0 Å². The van der Waals surface area contributed by atoms with Crippen molar-refractivity contribution in [3.05, 3.63) is 30.5 Å². The summed E-state index contributed by atoms with van der Waals surface area (Å²) in [7, 11) is 1.33. The van der Waals surface area contributed by atoms with Crippen molar-refractivity contribution in [1.82, 2.24) is 34.5 Å². The lowest BCUT2D eigenvalue weighted by atomic mass is 10.0. The lowest BCUT2D eigenvalue weighted by Crippen LogP contribution is -2.53. The largest absolute Gasteiger partial charge is 0.479 e. The highest BCUT2D eigenvalue weighted by atomic mass is 19.4. The quantitative estimate of drug-likeness (QED) is 0.404. The molecular formula is C22H23F5N8O. The van der Waals surface area contributed by atoms with E-state index in [2.05, 4.69) is 25.7 Å². The summed E-state index contributed by atoms with van der Waals surface area (Å²) >= 11 is 0. The minimum Gasteiger partial charge on any atom is -0.479 e. The predicted molar refractivity (Wildman–Crippen MR) is 121 cm³/mol. The summed E-state index contributed by atoms with van der Waals surface area (Å²) in [5.74, 6) is -3.50. The molecule has 1 aromatic carbocycles. The van der Waals surface area contributed by atoms with E-state index in [0.717, 1.165) is 16.5 Å². The van der Waals surface area contributed by atoms with Crippen molar-refractivity contribution < 1.29 is 30.8 Å². The van der Waals surface area contributed by atoms with E-state index < -0.39 is 37.7 Å². The number of likely N-dealkylation sites (tertiary alicyclic amines) is 1. The Morgan fingerprint density at radius 3 is 2.78 bits per heavy atom. The van der Waals surface area contributed by atoms with E-state index in [-0.39, 0.29) is 35.8 Å². The summed E-state index contributed by atoms with van der Waals surface area (Å²) < 4.78 is 99.4. The lowest BCUT2D eigenvalue weighted by molar-refractivity contribution is -0.164. The fourth-order valence-corrected chi connectivity index (χ4v) is 4.23. The molecule has 0 spiro atoms. The maximum Gasteiger partial charge on any atom is 0.410 e. The third-order valence-corrected chi connectivity index (χ3v) is 6.20. The van der Waals surface area contributed by atoms with Crippen molar-refractivity contribution in [3.8, 4) is 17.0 Å². The van der Waals surface area contributed by atoms with Crippen LogP contribution in [0.15, 0.2) is 30.5 Å². The molecule has 4 heterocycles. The molecule has 0 saturated carbocycles. The zero-order chi connectivity index (χ0) is 28.3. The molecule has 3 aromatic heterocycles. The van der Waals surface area contributed by atoms with E-state index in [1.807, 2.05) is 0 Å². The number of alkyl halides is 5. The molecular weight excluding hydrogens is 487 g/mol. The monoisotopic (exact) mass is 513 g/mol. The first kappa shape index (κ1) is 20.6. The summed E-state index contributed by atoms with van der Waals surface area (Å²) in [5.41, 5.74) is 1.83. The van der Waals surface area contributed by atoms with Gasteiger partial charge in [-0.25, -0.2) is 18.0 Å². The number of benzene rings is 1. The number of methoxy groups -OCH3 is 1. The van der Waals surface area contributed by atoms with Gasteiger partial charge in [-0.2, -0.15) is 18.2 Å². The lowest BCUT2D eigenvalue weighted by Gasteiger charge is -2.36. The number of hydrogen-bond acceptors (Lipinski definition) is 7. The number of nitrogens with one attached hydrogen (secondary N) is 1. The van der Waals surface area contributed by atoms with E-state index in [1.54, 1.807) is 12.1 Å². The molecule has 36 heavy (non-hydrogen) atoms. The van der Waals surface area contributed by atoms with Crippen LogP contribution >= 0.6 is 0 Å². The van der Waals surface area contributed by atoms with Crippen LogP contribution in [0.25, 0.3) is 27.7 Å². The van der Waals surface area contributed by atoms with Crippen molar-refractivity contribution in [1.29, 1.82) is 0 Å². The Morgan fingerprint density at radius 1 is 1.28 bits per heavy atom. The third-order valence-electron chi connectivity index (χ3n) is 6.20. The van der Waals surface area contributed by atoms with Crippen LogP contribution in [-0.4, -0.2) is 79.8 Å². The number of ether oxygens (including phenoxy) is 1. The molecule has 1 aliphatic rings. The number of halogens is 5. The summed E-state index contributed by atoms with van der Waals surface area (Å²) in [4.78, 5) is 4.99. The molecule has 1 fully saturated rings. The van der Waals surface area contributed by atoms with Crippen molar-refractivity contribution in [2.45, 2.75) is 37.5 Å². The first-order valence-electron chi connectivity index (χ1n) is 12.4. The number of nitrogens with zero attached hydrogens (tertiary/aromatic N) is 7.